The zero-order valence-electron chi connectivity index (χ0n) is 25.9. The summed E-state index contributed by atoms with van der Waals surface area (Å²) in [5, 5.41) is 4.46. The highest BCUT2D eigenvalue weighted by molar-refractivity contribution is 5.95. The molecule has 4 heterocycles. The average Bonchev–Trinajstić information content (AvgIpc) is 3.32. The Morgan fingerprint density at radius 3 is 2.02 bits per heavy atom. The summed E-state index contributed by atoms with van der Waals surface area (Å²) < 4.78 is 1.79. The van der Waals surface area contributed by atoms with Crippen LogP contribution in [0, 0.1) is 28.6 Å². The standard InChI is InChI=1S/C36H43N5O3/c1-35(2)18-30(35)33(43)40-24-36(25-40)23-39(32(42)29-19-37-41(21-29)20-28-11-7-4-8-12-28)22-31(36)34(44)38-15-13-27(14-16-38)17-26-9-5-3-6-10-26/h3-12,19,21,27,30-31H,13-18,20,22-25H2,1-2H3/t30-,31+/m1/s1. The summed E-state index contributed by atoms with van der Waals surface area (Å²) in [6.07, 6.45) is 7.39. The van der Waals surface area contributed by atoms with Gasteiger partial charge in [-0.2, -0.15) is 5.10 Å². The summed E-state index contributed by atoms with van der Waals surface area (Å²) in [4.78, 5) is 47.0. The molecule has 1 saturated carbocycles. The predicted molar refractivity (Wildman–Crippen MR) is 168 cm³/mol. The van der Waals surface area contributed by atoms with Crippen LogP contribution in [0.4, 0.5) is 0 Å². The van der Waals surface area contributed by atoms with Gasteiger partial charge in [-0.3, -0.25) is 19.1 Å². The first kappa shape index (κ1) is 28.8. The minimum atomic E-state index is -0.387. The molecule has 1 aliphatic carbocycles. The Morgan fingerprint density at radius 1 is 0.795 bits per heavy atom. The van der Waals surface area contributed by atoms with Crippen molar-refractivity contribution < 1.29 is 14.4 Å². The first-order chi connectivity index (χ1) is 21.2. The van der Waals surface area contributed by atoms with Gasteiger partial charge in [-0.15, -0.1) is 0 Å². The first-order valence-electron chi connectivity index (χ1n) is 16.2. The fourth-order valence-electron chi connectivity index (χ4n) is 7.80. The molecule has 1 spiro atoms. The Kier molecular flexibility index (Phi) is 7.34. The number of benzene rings is 2. The van der Waals surface area contributed by atoms with E-state index in [0.717, 1.165) is 44.3 Å². The molecular weight excluding hydrogens is 550 g/mol. The Labute approximate surface area is 260 Å². The summed E-state index contributed by atoms with van der Waals surface area (Å²) in [5.41, 5.74) is 2.69. The number of carbonyl (C=O) groups is 3. The maximum atomic E-state index is 14.2. The van der Waals surface area contributed by atoms with Crippen molar-refractivity contribution in [1.29, 1.82) is 0 Å². The molecule has 7 rings (SSSR count). The van der Waals surface area contributed by atoms with Gasteiger partial charge < -0.3 is 14.7 Å². The summed E-state index contributed by atoms with van der Waals surface area (Å²) in [5.74, 6) is 0.620. The van der Waals surface area contributed by atoms with Crippen LogP contribution in [-0.2, 0) is 22.6 Å². The van der Waals surface area contributed by atoms with E-state index in [0.29, 0.717) is 44.2 Å². The molecule has 0 unspecified atom stereocenters. The van der Waals surface area contributed by atoms with Crippen molar-refractivity contribution in [2.24, 2.45) is 28.6 Å². The molecule has 2 atom stereocenters. The van der Waals surface area contributed by atoms with Crippen LogP contribution in [0.15, 0.2) is 73.1 Å². The van der Waals surface area contributed by atoms with Gasteiger partial charge in [0.1, 0.15) is 0 Å². The molecule has 3 saturated heterocycles. The van der Waals surface area contributed by atoms with Gasteiger partial charge in [-0.25, -0.2) is 0 Å². The summed E-state index contributed by atoms with van der Waals surface area (Å²) in [6.45, 7) is 8.38. The quantitative estimate of drug-likeness (QED) is 0.408. The third kappa shape index (κ3) is 5.55. The molecule has 0 radical (unpaired) electrons. The van der Waals surface area contributed by atoms with E-state index in [2.05, 4.69) is 43.2 Å². The van der Waals surface area contributed by atoms with Crippen molar-refractivity contribution in [3.63, 3.8) is 0 Å². The lowest BCUT2D eigenvalue weighted by Gasteiger charge is -2.51. The van der Waals surface area contributed by atoms with E-state index in [-0.39, 0.29) is 40.4 Å². The molecule has 4 fully saturated rings. The predicted octanol–water partition coefficient (Wildman–Crippen LogP) is 4.36. The molecular formula is C36H43N5O3. The summed E-state index contributed by atoms with van der Waals surface area (Å²) in [7, 11) is 0. The normalized spacial score (nSPS) is 23.9. The number of likely N-dealkylation sites (tertiary alicyclic amines) is 3. The monoisotopic (exact) mass is 593 g/mol. The Hall–Kier alpha value is -3.94. The zero-order chi connectivity index (χ0) is 30.5. The number of nitrogens with zero attached hydrogens (tertiary/aromatic N) is 5. The van der Waals surface area contributed by atoms with Crippen LogP contribution in [-0.4, -0.2) is 81.5 Å². The fraction of sp³-hybridized carbons (Fsp3) is 0.500. The van der Waals surface area contributed by atoms with Gasteiger partial charge in [0.25, 0.3) is 5.91 Å². The van der Waals surface area contributed by atoms with E-state index >= 15 is 0 Å². The van der Waals surface area contributed by atoms with Crippen LogP contribution in [0.3, 0.4) is 0 Å². The van der Waals surface area contributed by atoms with E-state index in [1.54, 1.807) is 17.1 Å². The van der Waals surface area contributed by atoms with E-state index in [1.807, 2.05) is 51.1 Å². The van der Waals surface area contributed by atoms with Crippen LogP contribution in [0.5, 0.6) is 0 Å². The molecule has 3 amide bonds. The maximum absolute atomic E-state index is 14.2. The molecule has 3 aromatic rings. The van der Waals surface area contributed by atoms with Gasteiger partial charge in [0, 0.05) is 56.8 Å². The van der Waals surface area contributed by atoms with Crippen molar-refractivity contribution in [2.45, 2.75) is 46.1 Å². The summed E-state index contributed by atoms with van der Waals surface area (Å²) in [6, 6.07) is 20.7. The zero-order valence-corrected chi connectivity index (χ0v) is 25.9. The van der Waals surface area contributed by atoms with Crippen LogP contribution >= 0.6 is 0 Å². The van der Waals surface area contributed by atoms with Crippen molar-refractivity contribution in [1.82, 2.24) is 24.5 Å². The molecule has 230 valence electrons. The smallest absolute Gasteiger partial charge is 0.257 e. The molecule has 8 heteroatoms. The van der Waals surface area contributed by atoms with Gasteiger partial charge in [0.05, 0.1) is 24.2 Å². The SMILES string of the molecule is CC1(C)C[C@@H]1C(=O)N1CC2(CN(C(=O)c3cnn(Cc4ccccc4)c3)C[C@H]2C(=O)N2CCC(Cc3ccccc3)CC2)C1. The number of rotatable bonds is 7. The Morgan fingerprint density at radius 2 is 1.39 bits per heavy atom. The largest absolute Gasteiger partial charge is 0.342 e. The van der Waals surface area contributed by atoms with E-state index < -0.39 is 0 Å². The third-order valence-corrected chi connectivity index (χ3v) is 10.7. The molecule has 0 bridgehead atoms. The first-order valence-corrected chi connectivity index (χ1v) is 16.2. The van der Waals surface area contributed by atoms with E-state index in [9.17, 15) is 14.4 Å². The number of amides is 3. The lowest BCUT2D eigenvalue weighted by atomic mass is 9.70. The van der Waals surface area contributed by atoms with Gasteiger partial charge in [-0.05, 0) is 48.1 Å². The molecule has 1 aromatic heterocycles. The fourth-order valence-corrected chi connectivity index (χ4v) is 7.80. The lowest BCUT2D eigenvalue weighted by molar-refractivity contribution is -0.155. The van der Waals surface area contributed by atoms with Gasteiger partial charge >= 0.3 is 0 Å². The van der Waals surface area contributed by atoms with Crippen molar-refractivity contribution >= 4 is 17.7 Å². The molecule has 2 aromatic carbocycles. The highest BCUT2D eigenvalue weighted by atomic mass is 16.2. The Bertz CT molecular complexity index is 1520. The minimum absolute atomic E-state index is 0.0662. The number of hydrogen-bond donors (Lipinski definition) is 0. The van der Waals surface area contributed by atoms with E-state index in [1.165, 1.54) is 5.56 Å². The van der Waals surface area contributed by atoms with Crippen molar-refractivity contribution in [3.8, 4) is 0 Å². The number of hydrogen-bond acceptors (Lipinski definition) is 4. The molecule has 3 aliphatic heterocycles. The second kappa shape index (κ2) is 11.2. The van der Waals surface area contributed by atoms with Crippen LogP contribution in [0.2, 0.25) is 0 Å². The molecule has 44 heavy (non-hydrogen) atoms. The van der Waals surface area contributed by atoms with Crippen LogP contribution in [0.25, 0.3) is 0 Å². The highest BCUT2D eigenvalue weighted by Crippen LogP contribution is 2.55. The molecule has 8 nitrogen and oxygen atoms in total. The highest BCUT2D eigenvalue weighted by Gasteiger charge is 2.62. The van der Waals surface area contributed by atoms with Gasteiger partial charge in [0.2, 0.25) is 11.8 Å². The second-order valence-corrected chi connectivity index (χ2v) is 14.4. The number of piperidine rings is 1. The van der Waals surface area contributed by atoms with Crippen molar-refractivity contribution in [2.75, 3.05) is 39.3 Å². The summed E-state index contributed by atoms with van der Waals surface area (Å²) >= 11 is 0. The minimum Gasteiger partial charge on any atom is -0.342 e. The lowest BCUT2D eigenvalue weighted by Crippen LogP contribution is -2.64. The maximum Gasteiger partial charge on any atom is 0.257 e. The second-order valence-electron chi connectivity index (χ2n) is 14.4. The van der Waals surface area contributed by atoms with Crippen molar-refractivity contribution in [3.05, 3.63) is 89.7 Å². The molecule has 0 N–H and O–H groups in total. The van der Waals surface area contributed by atoms with Gasteiger partial charge in [0.15, 0.2) is 0 Å². The number of carbonyl (C=O) groups excluding carboxylic acids is 3. The number of aromatic nitrogens is 2. The average molecular weight is 594 g/mol. The van der Waals surface area contributed by atoms with E-state index in [4.69, 9.17) is 0 Å². The van der Waals surface area contributed by atoms with Gasteiger partial charge in [-0.1, -0.05) is 74.5 Å². The topological polar surface area (TPSA) is 78.8 Å². The third-order valence-electron chi connectivity index (χ3n) is 10.7. The molecule has 4 aliphatic rings. The van der Waals surface area contributed by atoms with Crippen LogP contribution < -0.4 is 0 Å². The van der Waals surface area contributed by atoms with Crippen LogP contribution in [0.1, 0.15) is 54.6 Å². The Balaban J connectivity index is 1.04.